The molecule has 1 heterocycles. The average molecular weight is 1000 g/mol. The van der Waals surface area contributed by atoms with Gasteiger partial charge in [0.05, 0.1) is 71.5 Å². The van der Waals surface area contributed by atoms with E-state index in [1.165, 1.54) is 111 Å². The molecular formula is C46H84N10O14. The lowest BCUT2D eigenvalue weighted by Crippen LogP contribution is -2.69. The topological polar surface area (TPSA) is 334 Å². The van der Waals surface area contributed by atoms with E-state index in [9.17, 15) is 43.2 Å². The van der Waals surface area contributed by atoms with Gasteiger partial charge in [0, 0.05) is 13.1 Å². The molecule has 0 aromatic rings. The maximum absolute atomic E-state index is 13.7. The van der Waals surface area contributed by atoms with Gasteiger partial charge in [0.2, 0.25) is 47.3 Å². The van der Waals surface area contributed by atoms with Gasteiger partial charge in [0.1, 0.15) is 44.9 Å². The van der Waals surface area contributed by atoms with E-state index in [1.807, 2.05) is 0 Å². The van der Waals surface area contributed by atoms with E-state index in [4.69, 9.17) is 29.4 Å². The Bertz CT molecular complexity index is 1840. The fourth-order valence-corrected chi connectivity index (χ4v) is 5.64. The van der Waals surface area contributed by atoms with Gasteiger partial charge in [0.25, 0.3) is 0 Å². The number of nitrogens with two attached hydrogens (primary N) is 1. The molecule has 1 fully saturated rings. The molecule has 1 saturated heterocycles. The summed E-state index contributed by atoms with van der Waals surface area (Å²) >= 11 is 0. The van der Waals surface area contributed by atoms with Gasteiger partial charge in [-0.2, -0.15) is 0 Å². The van der Waals surface area contributed by atoms with E-state index in [0.717, 1.165) is 0 Å². The minimum absolute atomic E-state index is 0.103. The molecule has 0 bridgehead atoms. The molecule has 0 aromatic carbocycles. The molecule has 1 atom stereocenters. The van der Waals surface area contributed by atoms with Crippen molar-refractivity contribution in [2.24, 2.45) is 5.73 Å². The number of nitrogens with one attached hydrogen (secondary N) is 9. The number of ketones is 1. The Labute approximate surface area is 412 Å². The predicted molar refractivity (Wildman–Crippen MR) is 258 cm³/mol. The van der Waals surface area contributed by atoms with E-state index in [2.05, 4.69) is 47.9 Å². The first-order chi connectivity index (χ1) is 31.8. The highest BCUT2D eigenvalue weighted by Gasteiger charge is 2.45. The number of carbonyl (C=O) groups excluding carboxylic acids is 9. The van der Waals surface area contributed by atoms with Crippen molar-refractivity contribution in [2.75, 3.05) is 79.1 Å². The molecule has 24 heteroatoms. The number of ether oxygens (including phenoxy) is 5. The van der Waals surface area contributed by atoms with E-state index in [-0.39, 0.29) is 19.8 Å². The number of hydrogen-bond donors (Lipinski definition) is 10. The Morgan fingerprint density at radius 3 is 0.957 bits per heavy atom. The minimum atomic E-state index is -1.67. The van der Waals surface area contributed by atoms with Crippen LogP contribution in [-0.4, -0.2) is 183 Å². The molecule has 0 radical (unpaired) electrons. The first-order valence-corrected chi connectivity index (χ1v) is 23.3. The van der Waals surface area contributed by atoms with E-state index in [0.29, 0.717) is 52.8 Å². The fraction of sp³-hybridized carbons (Fsp3) is 0.804. The Balaban J connectivity index is 2.88. The first kappa shape index (κ1) is 63.2. The maximum Gasteiger partial charge on any atom is 0.246 e. The van der Waals surface area contributed by atoms with Crippen molar-refractivity contribution in [2.45, 2.75) is 161 Å². The number of hydrogen-bond acceptors (Lipinski definition) is 16. The van der Waals surface area contributed by atoms with Crippen LogP contribution >= 0.6 is 0 Å². The number of Topliss-reactive ketones (excluding diaryl/α,β-unsaturated/α-hetero) is 1. The average Bonchev–Trinajstić information content (AvgIpc) is 3.21. The largest absolute Gasteiger partial charge is 0.378 e. The first-order valence-electron chi connectivity index (χ1n) is 23.3. The Morgan fingerprint density at radius 2 is 0.657 bits per heavy atom. The third-order valence-electron chi connectivity index (χ3n) is 10.7. The zero-order chi connectivity index (χ0) is 54.2. The Kier molecular flexibility index (Phi) is 23.5. The van der Waals surface area contributed by atoms with Gasteiger partial charge in [-0.15, -0.1) is 0 Å². The van der Waals surface area contributed by atoms with Crippen molar-refractivity contribution in [3.63, 3.8) is 0 Å². The van der Waals surface area contributed by atoms with E-state index >= 15 is 0 Å². The molecular weight excluding hydrogens is 917 g/mol. The Hall–Kier alpha value is -4.85. The number of carbonyl (C=O) groups is 9. The molecule has 1 rings (SSSR count). The fourth-order valence-electron chi connectivity index (χ4n) is 5.64. The van der Waals surface area contributed by atoms with Crippen LogP contribution in [0.4, 0.5) is 0 Å². The second-order valence-electron chi connectivity index (χ2n) is 21.4. The maximum atomic E-state index is 13.7. The van der Waals surface area contributed by atoms with Crippen LogP contribution in [0.3, 0.4) is 0 Å². The van der Waals surface area contributed by atoms with Crippen molar-refractivity contribution < 1.29 is 66.8 Å². The van der Waals surface area contributed by atoms with Crippen molar-refractivity contribution >= 4 is 53.0 Å². The molecule has 402 valence electrons. The van der Waals surface area contributed by atoms with Crippen LogP contribution in [-0.2, 0) is 66.8 Å². The summed E-state index contributed by atoms with van der Waals surface area (Å²) in [5.41, 5.74) is -6.71. The van der Waals surface area contributed by atoms with Gasteiger partial charge in [0.15, 0.2) is 5.78 Å². The van der Waals surface area contributed by atoms with Crippen LogP contribution in [0.5, 0.6) is 0 Å². The summed E-state index contributed by atoms with van der Waals surface area (Å²) < 4.78 is 27.7. The molecule has 1 aliphatic heterocycles. The summed E-state index contributed by atoms with van der Waals surface area (Å²) in [4.78, 5) is 120. The van der Waals surface area contributed by atoms with Gasteiger partial charge in [-0.25, -0.2) is 0 Å². The quantitative estimate of drug-likeness (QED) is 0.0692. The number of amides is 8. The van der Waals surface area contributed by atoms with Crippen LogP contribution in [0, 0.1) is 0 Å². The van der Waals surface area contributed by atoms with Crippen molar-refractivity contribution in [1.82, 2.24) is 47.9 Å². The SMILES string of the molecule is CC(C)(N)C(=O)NC(C)(C)C(=O)NC(C)(C)C(=O)NC(C)(C)C(=O)NC(C)(C)C(=O)NC(C)(C)C(=O)NC(C)(C)C(=O)NC(C)(C)C(=O)NCC(=O)C1CNCCOCCOCCOCCOCCO1. The molecule has 24 nitrogen and oxygen atoms in total. The second-order valence-corrected chi connectivity index (χ2v) is 21.4. The molecule has 70 heavy (non-hydrogen) atoms. The van der Waals surface area contributed by atoms with Gasteiger partial charge in [-0.1, -0.05) is 0 Å². The molecule has 8 amide bonds. The summed E-state index contributed by atoms with van der Waals surface area (Å²) in [7, 11) is 0. The van der Waals surface area contributed by atoms with Gasteiger partial charge >= 0.3 is 0 Å². The number of rotatable bonds is 18. The monoisotopic (exact) mass is 1000 g/mol. The summed E-state index contributed by atoms with van der Waals surface area (Å²) in [5, 5.41) is 23.8. The summed E-state index contributed by atoms with van der Waals surface area (Å²) in [6.07, 6.45) is -0.938. The van der Waals surface area contributed by atoms with Crippen LogP contribution in [0.25, 0.3) is 0 Å². The van der Waals surface area contributed by atoms with E-state index in [1.54, 1.807) is 0 Å². The molecule has 1 aliphatic rings. The lowest BCUT2D eigenvalue weighted by atomic mass is 9.93. The van der Waals surface area contributed by atoms with Crippen molar-refractivity contribution in [3.05, 3.63) is 0 Å². The van der Waals surface area contributed by atoms with Crippen LogP contribution in [0.1, 0.15) is 111 Å². The zero-order valence-corrected chi connectivity index (χ0v) is 44.4. The molecule has 0 spiro atoms. The molecule has 0 aromatic heterocycles. The molecule has 11 N–H and O–H groups in total. The van der Waals surface area contributed by atoms with Crippen LogP contribution in [0.2, 0.25) is 0 Å². The third-order valence-corrected chi connectivity index (χ3v) is 10.7. The molecule has 1 unspecified atom stereocenters. The predicted octanol–water partition coefficient (Wildman–Crippen LogP) is -2.27. The third kappa shape index (κ3) is 21.2. The highest BCUT2D eigenvalue weighted by atomic mass is 16.6. The van der Waals surface area contributed by atoms with Crippen LogP contribution in [0.15, 0.2) is 0 Å². The van der Waals surface area contributed by atoms with Crippen LogP contribution < -0.4 is 53.6 Å². The molecule has 0 aliphatic carbocycles. The van der Waals surface area contributed by atoms with E-state index < -0.39 is 110 Å². The Morgan fingerprint density at radius 1 is 0.400 bits per heavy atom. The molecule has 0 saturated carbocycles. The second kappa shape index (κ2) is 26.0. The van der Waals surface area contributed by atoms with Gasteiger partial charge in [-0.05, 0) is 111 Å². The highest BCUT2D eigenvalue weighted by molar-refractivity contribution is 6.02. The highest BCUT2D eigenvalue weighted by Crippen LogP contribution is 2.17. The summed E-state index contributed by atoms with van der Waals surface area (Å²) in [5.74, 6) is -6.35. The zero-order valence-electron chi connectivity index (χ0n) is 44.4. The smallest absolute Gasteiger partial charge is 0.246 e. The standard InChI is InChI=1S/C46H84N10O14/c1-39(2,47)31(58)50-41(5,6)33(60)52-43(9,10)35(62)54-45(13,14)37(64)56-46(15,16)38(65)55-44(11,12)36(63)53-42(7,8)34(61)51-40(3,4)32(59)49-27-29(57)30-28-48-17-18-66-19-20-67-21-22-68-23-24-69-25-26-70-30/h30,48H,17-28,47H2,1-16H3,(H,49,59)(H,50,58)(H,51,61)(H,52,60)(H,53,63)(H,54,62)(H,55,65)(H,56,64). The lowest BCUT2D eigenvalue weighted by molar-refractivity contribution is -0.142. The normalized spacial score (nSPS) is 17.2. The lowest BCUT2D eigenvalue weighted by Gasteiger charge is -2.37. The minimum Gasteiger partial charge on any atom is -0.378 e. The van der Waals surface area contributed by atoms with Gasteiger partial charge in [-0.3, -0.25) is 43.2 Å². The summed E-state index contributed by atoms with van der Waals surface area (Å²) in [6.45, 7) is 25.7. The van der Waals surface area contributed by atoms with Gasteiger partial charge < -0.3 is 77.3 Å². The van der Waals surface area contributed by atoms with Crippen molar-refractivity contribution in [3.8, 4) is 0 Å². The van der Waals surface area contributed by atoms with Crippen molar-refractivity contribution in [1.29, 1.82) is 0 Å². The summed E-state index contributed by atoms with van der Waals surface area (Å²) in [6, 6.07) is 0.